The average molecular weight is 573 g/mol. The second-order valence-electron chi connectivity index (χ2n) is 10.6. The number of nitrogens with zero attached hydrogens (tertiary/aromatic N) is 3. The highest BCUT2D eigenvalue weighted by Crippen LogP contribution is 2.39. The van der Waals surface area contributed by atoms with Crippen molar-refractivity contribution >= 4 is 35.0 Å². The summed E-state index contributed by atoms with van der Waals surface area (Å²) in [5, 5.41) is 3.87. The molecule has 2 aliphatic rings. The highest BCUT2D eigenvalue weighted by molar-refractivity contribution is 6.31. The first-order valence-corrected chi connectivity index (χ1v) is 14.3. The molecule has 9 heteroatoms. The largest absolute Gasteiger partial charge is 0.366 e. The molecule has 8 nitrogen and oxygen atoms in total. The standard InChI is InChI=1S/C32H35ClN5O3/c33-26-13-11-25(28(21-26)30(34)40)12-14-29(39)36-18-15-32(16-19-36)31(41)37(23-38(32)27-9-5-2-6-10-27)20-17-35-22-24-7-3-1-4-8-24/h1-11,13-14,21,35H,12,15-20,22-23H2,(H2,34,40). The molecule has 2 heterocycles. The normalized spacial score (nSPS) is 16.4. The van der Waals surface area contributed by atoms with E-state index < -0.39 is 11.4 Å². The summed E-state index contributed by atoms with van der Waals surface area (Å²) < 4.78 is 0. The van der Waals surface area contributed by atoms with Crippen molar-refractivity contribution < 1.29 is 14.4 Å². The topological polar surface area (TPSA) is 99.0 Å². The van der Waals surface area contributed by atoms with Crippen molar-refractivity contribution in [2.24, 2.45) is 5.73 Å². The summed E-state index contributed by atoms with van der Waals surface area (Å²) in [6, 6.07) is 25.2. The number of benzene rings is 3. The van der Waals surface area contributed by atoms with E-state index in [1.54, 1.807) is 23.5 Å². The lowest BCUT2D eigenvalue weighted by atomic mass is 9.85. The number of nitrogens with one attached hydrogen (secondary N) is 1. The molecule has 1 radical (unpaired) electrons. The van der Waals surface area contributed by atoms with Gasteiger partial charge in [-0.15, -0.1) is 0 Å². The Morgan fingerprint density at radius 2 is 1.66 bits per heavy atom. The fraction of sp³-hybridized carbons (Fsp3) is 0.312. The molecule has 213 valence electrons. The third-order valence-corrected chi connectivity index (χ3v) is 8.28. The molecule has 0 atom stereocenters. The summed E-state index contributed by atoms with van der Waals surface area (Å²) in [5.41, 5.74) is 7.99. The van der Waals surface area contributed by atoms with Crippen LogP contribution in [0, 0.1) is 6.42 Å². The van der Waals surface area contributed by atoms with Gasteiger partial charge < -0.3 is 25.8 Å². The monoisotopic (exact) mass is 572 g/mol. The van der Waals surface area contributed by atoms with E-state index in [2.05, 4.69) is 22.3 Å². The summed E-state index contributed by atoms with van der Waals surface area (Å²) in [6.45, 7) is 3.50. The van der Waals surface area contributed by atoms with Crippen LogP contribution in [0.25, 0.3) is 0 Å². The maximum Gasteiger partial charge on any atom is 0.250 e. The maximum atomic E-state index is 13.9. The van der Waals surface area contributed by atoms with Gasteiger partial charge in [-0.2, -0.15) is 0 Å². The molecule has 2 saturated heterocycles. The first kappa shape index (κ1) is 28.6. The lowest BCUT2D eigenvalue weighted by Gasteiger charge is -2.43. The molecule has 0 unspecified atom stereocenters. The van der Waals surface area contributed by atoms with Gasteiger partial charge in [0.15, 0.2) is 0 Å². The molecule has 0 saturated carbocycles. The van der Waals surface area contributed by atoms with E-state index in [4.69, 9.17) is 17.3 Å². The number of para-hydroxylation sites is 1. The van der Waals surface area contributed by atoms with E-state index in [0.29, 0.717) is 61.8 Å². The van der Waals surface area contributed by atoms with Gasteiger partial charge in [-0.05, 0) is 54.7 Å². The van der Waals surface area contributed by atoms with Gasteiger partial charge in [0, 0.05) is 49.0 Å². The number of primary amides is 1. The molecule has 0 aliphatic carbocycles. The van der Waals surface area contributed by atoms with Gasteiger partial charge in [0.25, 0.3) is 0 Å². The predicted molar refractivity (Wildman–Crippen MR) is 160 cm³/mol. The van der Waals surface area contributed by atoms with Crippen molar-refractivity contribution in [1.82, 2.24) is 15.1 Å². The van der Waals surface area contributed by atoms with Crippen molar-refractivity contribution in [3.05, 3.63) is 107 Å². The number of halogens is 1. The highest BCUT2D eigenvalue weighted by atomic mass is 35.5. The molecule has 3 aromatic carbocycles. The number of nitrogens with two attached hydrogens (primary N) is 1. The number of amides is 3. The lowest BCUT2D eigenvalue weighted by Crippen LogP contribution is -2.57. The summed E-state index contributed by atoms with van der Waals surface area (Å²) in [7, 11) is 0. The molecular weight excluding hydrogens is 538 g/mol. The fourth-order valence-corrected chi connectivity index (χ4v) is 5.97. The number of anilines is 1. The maximum absolute atomic E-state index is 13.9. The van der Waals surface area contributed by atoms with Crippen molar-refractivity contribution in [2.75, 3.05) is 37.7 Å². The van der Waals surface area contributed by atoms with Crippen LogP contribution >= 0.6 is 11.6 Å². The Morgan fingerprint density at radius 3 is 2.34 bits per heavy atom. The van der Waals surface area contributed by atoms with E-state index in [1.807, 2.05) is 53.4 Å². The molecule has 41 heavy (non-hydrogen) atoms. The van der Waals surface area contributed by atoms with E-state index in [9.17, 15) is 14.4 Å². The number of carbonyl (C=O) groups excluding carboxylic acids is 3. The summed E-state index contributed by atoms with van der Waals surface area (Å²) >= 11 is 6.01. The van der Waals surface area contributed by atoms with Gasteiger partial charge >= 0.3 is 0 Å². The van der Waals surface area contributed by atoms with Crippen LogP contribution in [0.1, 0.15) is 34.3 Å². The minimum absolute atomic E-state index is 0.117. The quantitative estimate of drug-likeness (QED) is 0.361. The van der Waals surface area contributed by atoms with Crippen molar-refractivity contribution in [2.45, 2.75) is 31.3 Å². The Labute approximate surface area is 246 Å². The van der Waals surface area contributed by atoms with E-state index in [1.165, 1.54) is 11.6 Å². The van der Waals surface area contributed by atoms with Crippen LogP contribution in [0.15, 0.2) is 78.9 Å². The van der Waals surface area contributed by atoms with Crippen molar-refractivity contribution in [3.8, 4) is 0 Å². The van der Waals surface area contributed by atoms with Gasteiger partial charge in [0.05, 0.1) is 13.1 Å². The van der Waals surface area contributed by atoms with Crippen LogP contribution in [0.5, 0.6) is 0 Å². The predicted octanol–water partition coefficient (Wildman–Crippen LogP) is 3.64. The molecule has 2 fully saturated rings. The molecule has 2 aliphatic heterocycles. The fourth-order valence-electron chi connectivity index (χ4n) is 5.79. The van der Waals surface area contributed by atoms with Crippen molar-refractivity contribution in [3.63, 3.8) is 0 Å². The van der Waals surface area contributed by atoms with Crippen LogP contribution in [0.2, 0.25) is 5.02 Å². The SMILES string of the molecule is NC(=O)c1cc(Cl)ccc1C[CH]C(=O)N1CCC2(CC1)C(=O)N(CCNCc1ccccc1)CN2c1ccccc1. The first-order valence-electron chi connectivity index (χ1n) is 13.9. The highest BCUT2D eigenvalue weighted by Gasteiger charge is 2.53. The van der Waals surface area contributed by atoms with Gasteiger partial charge in [0.2, 0.25) is 17.7 Å². The number of rotatable bonds is 10. The van der Waals surface area contributed by atoms with Gasteiger partial charge in [-0.25, -0.2) is 0 Å². The molecule has 5 rings (SSSR count). The molecule has 1 spiro atoms. The third kappa shape index (κ3) is 6.39. The zero-order chi connectivity index (χ0) is 28.8. The zero-order valence-electron chi connectivity index (χ0n) is 23.0. The van der Waals surface area contributed by atoms with E-state index in [-0.39, 0.29) is 18.2 Å². The molecule has 0 bridgehead atoms. The minimum atomic E-state index is -0.688. The minimum Gasteiger partial charge on any atom is -0.366 e. The van der Waals surface area contributed by atoms with Crippen LogP contribution in [0.4, 0.5) is 5.69 Å². The smallest absolute Gasteiger partial charge is 0.250 e. The number of piperidine rings is 1. The summed E-state index contributed by atoms with van der Waals surface area (Å²) in [4.78, 5) is 44.8. The Morgan fingerprint density at radius 1 is 0.976 bits per heavy atom. The molecular formula is C32H35ClN5O3. The van der Waals surface area contributed by atoms with Crippen LogP contribution < -0.4 is 16.0 Å². The molecule has 3 N–H and O–H groups in total. The lowest BCUT2D eigenvalue weighted by molar-refractivity contribution is -0.137. The number of hydrogen-bond acceptors (Lipinski definition) is 5. The molecule has 0 aromatic heterocycles. The van der Waals surface area contributed by atoms with Gasteiger partial charge in [-0.1, -0.05) is 66.2 Å². The van der Waals surface area contributed by atoms with Gasteiger partial charge in [-0.3, -0.25) is 14.4 Å². The number of hydrogen-bond donors (Lipinski definition) is 2. The van der Waals surface area contributed by atoms with E-state index >= 15 is 0 Å². The first-order chi connectivity index (χ1) is 19.9. The Kier molecular flexibility index (Phi) is 8.90. The van der Waals surface area contributed by atoms with Crippen molar-refractivity contribution in [1.29, 1.82) is 0 Å². The zero-order valence-corrected chi connectivity index (χ0v) is 23.7. The summed E-state index contributed by atoms with van der Waals surface area (Å²) in [5.74, 6) is -0.584. The molecule has 3 amide bonds. The van der Waals surface area contributed by atoms with E-state index in [0.717, 1.165) is 12.2 Å². The van der Waals surface area contributed by atoms with Crippen LogP contribution in [-0.4, -0.2) is 65.9 Å². The third-order valence-electron chi connectivity index (χ3n) is 8.05. The summed E-state index contributed by atoms with van der Waals surface area (Å²) in [6.07, 6.45) is 2.93. The second-order valence-corrected chi connectivity index (χ2v) is 11.0. The molecule has 3 aromatic rings. The average Bonchev–Trinajstić information content (AvgIpc) is 3.26. The Bertz CT molecular complexity index is 1380. The Hall–Kier alpha value is -3.88. The number of likely N-dealkylation sites (tertiary alicyclic amines) is 1. The Balaban J connectivity index is 1.22. The number of carbonyl (C=O) groups is 3. The van der Waals surface area contributed by atoms with Crippen LogP contribution in [-0.2, 0) is 22.6 Å². The van der Waals surface area contributed by atoms with Gasteiger partial charge in [0.1, 0.15) is 5.54 Å². The second kappa shape index (κ2) is 12.7. The van der Waals surface area contributed by atoms with Crippen LogP contribution in [0.3, 0.4) is 0 Å².